The van der Waals surface area contributed by atoms with Crippen molar-refractivity contribution in [3.63, 3.8) is 0 Å². The van der Waals surface area contributed by atoms with Crippen LogP contribution < -0.4 is 4.74 Å². The van der Waals surface area contributed by atoms with Gasteiger partial charge >= 0.3 is 5.97 Å². The fourth-order valence-corrected chi connectivity index (χ4v) is 4.14. The van der Waals surface area contributed by atoms with E-state index in [1.807, 2.05) is 0 Å². The second kappa shape index (κ2) is 10.2. The average Bonchev–Trinajstić information content (AvgIpc) is 2.96. The lowest BCUT2D eigenvalue weighted by Crippen LogP contribution is -2.34. The molecule has 10 heteroatoms. The number of amides is 2. The van der Waals surface area contributed by atoms with Crippen LogP contribution in [0.25, 0.3) is 6.08 Å². The predicted octanol–water partition coefficient (Wildman–Crippen LogP) is 5.31. The van der Waals surface area contributed by atoms with Crippen molar-refractivity contribution in [3.05, 3.63) is 68.3 Å². The van der Waals surface area contributed by atoms with Crippen LogP contribution in [0.3, 0.4) is 0 Å². The summed E-state index contributed by atoms with van der Waals surface area (Å²) in [5, 5.41) is -0.270. The third-order valence-electron chi connectivity index (χ3n) is 4.11. The topological polar surface area (TPSA) is 72.9 Å². The Bertz CT molecular complexity index is 1050. The Balaban J connectivity index is 1.76. The zero-order chi connectivity index (χ0) is 22.5. The first-order valence-corrected chi connectivity index (χ1v) is 10.6. The smallest absolute Gasteiger partial charge is 0.326 e. The summed E-state index contributed by atoms with van der Waals surface area (Å²) in [5.74, 6) is -1.53. The molecule has 3 rings (SSSR count). The second-order valence-corrected chi connectivity index (χ2v) is 8.07. The van der Waals surface area contributed by atoms with Gasteiger partial charge in [0.25, 0.3) is 11.1 Å². The molecule has 2 aromatic carbocycles. The molecule has 1 aliphatic rings. The van der Waals surface area contributed by atoms with Gasteiger partial charge in [0.2, 0.25) is 0 Å². The third kappa shape index (κ3) is 5.58. The van der Waals surface area contributed by atoms with Gasteiger partial charge in [-0.25, -0.2) is 4.39 Å². The van der Waals surface area contributed by atoms with Gasteiger partial charge in [-0.15, -0.1) is 0 Å². The number of esters is 1. The lowest BCUT2D eigenvalue weighted by atomic mass is 10.2. The molecule has 0 atom stereocenters. The minimum absolute atomic E-state index is 0.0712. The summed E-state index contributed by atoms with van der Waals surface area (Å²) >= 11 is 13.2. The van der Waals surface area contributed by atoms with Crippen molar-refractivity contribution in [2.45, 2.75) is 13.5 Å². The lowest BCUT2D eigenvalue weighted by molar-refractivity contribution is -0.145. The van der Waals surface area contributed by atoms with Gasteiger partial charge in [-0.2, -0.15) is 0 Å². The van der Waals surface area contributed by atoms with Gasteiger partial charge in [-0.1, -0.05) is 41.4 Å². The number of nitrogens with zero attached hydrogens (tertiary/aromatic N) is 1. The molecule has 1 fully saturated rings. The maximum atomic E-state index is 13.8. The van der Waals surface area contributed by atoms with Crippen molar-refractivity contribution in [2.24, 2.45) is 0 Å². The van der Waals surface area contributed by atoms with Gasteiger partial charge in [0.05, 0.1) is 21.6 Å². The average molecular weight is 484 g/mol. The van der Waals surface area contributed by atoms with E-state index in [4.69, 9.17) is 32.7 Å². The number of thioether (sulfide) groups is 1. The van der Waals surface area contributed by atoms with Gasteiger partial charge in [-0.3, -0.25) is 19.3 Å². The molecule has 0 saturated carbocycles. The van der Waals surface area contributed by atoms with Crippen LogP contribution in [0.2, 0.25) is 10.0 Å². The molecule has 0 bridgehead atoms. The Kier molecular flexibility index (Phi) is 7.59. The number of ether oxygens (including phenoxy) is 2. The van der Waals surface area contributed by atoms with E-state index in [0.717, 1.165) is 4.90 Å². The number of carbonyl (C=O) groups excluding carboxylic acids is 3. The van der Waals surface area contributed by atoms with E-state index < -0.39 is 29.5 Å². The van der Waals surface area contributed by atoms with Gasteiger partial charge in [-0.05, 0) is 48.5 Å². The SMILES string of the molecule is CCOC(=O)CN1C(=O)S/C(=C/c2cc(Cl)c(OCc3ccccc3F)c(Cl)c2)C1=O. The zero-order valence-corrected chi connectivity index (χ0v) is 18.5. The summed E-state index contributed by atoms with van der Waals surface area (Å²) in [7, 11) is 0. The van der Waals surface area contributed by atoms with E-state index in [0.29, 0.717) is 22.9 Å². The van der Waals surface area contributed by atoms with E-state index in [1.165, 1.54) is 24.3 Å². The fraction of sp³-hybridized carbons (Fsp3) is 0.190. The summed E-state index contributed by atoms with van der Waals surface area (Å²) in [4.78, 5) is 37.1. The van der Waals surface area contributed by atoms with Crippen molar-refractivity contribution in [1.82, 2.24) is 4.90 Å². The van der Waals surface area contributed by atoms with Crippen molar-refractivity contribution in [2.75, 3.05) is 13.2 Å². The quantitative estimate of drug-likeness (QED) is 0.392. The zero-order valence-electron chi connectivity index (χ0n) is 16.2. The first-order valence-electron chi connectivity index (χ1n) is 9.06. The highest BCUT2D eigenvalue weighted by Gasteiger charge is 2.36. The molecular formula is C21H16Cl2FNO5S. The number of benzene rings is 2. The van der Waals surface area contributed by atoms with E-state index in [2.05, 4.69) is 0 Å². The molecule has 1 aliphatic heterocycles. The van der Waals surface area contributed by atoms with Crippen LogP contribution in [0.4, 0.5) is 9.18 Å². The van der Waals surface area contributed by atoms with Crippen LogP contribution in [0, 0.1) is 5.82 Å². The van der Waals surface area contributed by atoms with Crippen molar-refractivity contribution in [1.29, 1.82) is 0 Å². The molecule has 6 nitrogen and oxygen atoms in total. The highest BCUT2D eigenvalue weighted by molar-refractivity contribution is 8.18. The molecule has 0 aromatic heterocycles. The number of carbonyl (C=O) groups is 3. The van der Waals surface area contributed by atoms with E-state index in [9.17, 15) is 18.8 Å². The van der Waals surface area contributed by atoms with E-state index in [-0.39, 0.29) is 33.9 Å². The Morgan fingerprint density at radius 3 is 2.52 bits per heavy atom. The maximum absolute atomic E-state index is 13.8. The molecule has 0 N–H and O–H groups in total. The maximum Gasteiger partial charge on any atom is 0.326 e. The standard InChI is InChI=1S/C21H16Cl2FNO5S/c1-2-29-18(26)10-25-20(27)17(31-21(25)28)9-12-7-14(22)19(15(23)8-12)30-11-13-5-3-4-6-16(13)24/h3-9H,2,10-11H2,1H3/b17-9+. The monoisotopic (exact) mass is 483 g/mol. The largest absolute Gasteiger partial charge is 0.486 e. The molecule has 0 spiro atoms. The second-order valence-electron chi connectivity index (χ2n) is 6.27. The van der Waals surface area contributed by atoms with Crippen LogP contribution >= 0.6 is 35.0 Å². The number of halogens is 3. The third-order valence-corrected chi connectivity index (χ3v) is 5.58. The van der Waals surface area contributed by atoms with Crippen LogP contribution in [0.1, 0.15) is 18.1 Å². The Morgan fingerprint density at radius 1 is 1.19 bits per heavy atom. The lowest BCUT2D eigenvalue weighted by Gasteiger charge is -2.12. The highest BCUT2D eigenvalue weighted by Crippen LogP contribution is 2.37. The summed E-state index contributed by atoms with van der Waals surface area (Å²) in [6, 6.07) is 9.16. The minimum Gasteiger partial charge on any atom is -0.486 e. The van der Waals surface area contributed by atoms with Crippen LogP contribution in [0.15, 0.2) is 41.3 Å². The van der Waals surface area contributed by atoms with Crippen LogP contribution in [0.5, 0.6) is 5.75 Å². The summed E-state index contributed by atoms with van der Waals surface area (Å²) in [5.41, 5.74) is 0.795. The van der Waals surface area contributed by atoms with Crippen LogP contribution in [-0.2, 0) is 20.9 Å². The number of imide groups is 1. The van der Waals surface area contributed by atoms with E-state index >= 15 is 0 Å². The number of hydrogen-bond acceptors (Lipinski definition) is 6. The first-order chi connectivity index (χ1) is 14.8. The van der Waals surface area contributed by atoms with E-state index in [1.54, 1.807) is 25.1 Å². The van der Waals surface area contributed by atoms with Crippen molar-refractivity contribution < 1.29 is 28.2 Å². The summed E-state index contributed by atoms with van der Waals surface area (Å²) in [6.07, 6.45) is 1.44. The Hall–Kier alpha value is -2.55. The molecule has 162 valence electrons. The minimum atomic E-state index is -0.673. The molecule has 0 unspecified atom stereocenters. The molecular weight excluding hydrogens is 468 g/mol. The highest BCUT2D eigenvalue weighted by atomic mass is 35.5. The predicted molar refractivity (Wildman–Crippen MR) is 117 cm³/mol. The van der Waals surface area contributed by atoms with Gasteiger partial charge in [0.1, 0.15) is 19.0 Å². The van der Waals surface area contributed by atoms with Crippen molar-refractivity contribution in [3.8, 4) is 5.75 Å². The molecule has 1 heterocycles. The number of hydrogen-bond donors (Lipinski definition) is 0. The Labute approximate surface area is 191 Å². The van der Waals surface area contributed by atoms with Crippen molar-refractivity contribution >= 4 is 58.2 Å². The molecule has 0 aliphatic carbocycles. The van der Waals surface area contributed by atoms with Gasteiger partial charge < -0.3 is 9.47 Å². The number of rotatable bonds is 7. The molecule has 0 radical (unpaired) electrons. The first kappa shape index (κ1) is 23.1. The Morgan fingerprint density at radius 2 is 1.87 bits per heavy atom. The van der Waals surface area contributed by atoms with Gasteiger partial charge in [0.15, 0.2) is 5.75 Å². The fourth-order valence-electron chi connectivity index (χ4n) is 2.69. The molecule has 2 amide bonds. The normalized spacial score (nSPS) is 15.0. The molecule has 2 aromatic rings. The van der Waals surface area contributed by atoms with Gasteiger partial charge in [0, 0.05) is 5.56 Å². The molecule has 31 heavy (non-hydrogen) atoms. The molecule has 1 saturated heterocycles. The van der Waals surface area contributed by atoms with Crippen LogP contribution in [-0.4, -0.2) is 35.2 Å². The summed E-state index contributed by atoms with van der Waals surface area (Å²) < 4.78 is 24.1. The summed E-state index contributed by atoms with van der Waals surface area (Å²) in [6.45, 7) is 1.24.